The summed E-state index contributed by atoms with van der Waals surface area (Å²) in [7, 11) is 7.22. The molecule has 3 amide bonds. The summed E-state index contributed by atoms with van der Waals surface area (Å²) in [5.74, 6) is -3.08. The van der Waals surface area contributed by atoms with E-state index in [4.69, 9.17) is 11.6 Å². The van der Waals surface area contributed by atoms with E-state index in [2.05, 4.69) is 30.5 Å². The lowest BCUT2D eigenvalue weighted by molar-refractivity contribution is -0.137. The number of rotatable bonds is 11. The second-order valence-electron chi connectivity index (χ2n) is 13.3. The van der Waals surface area contributed by atoms with Crippen LogP contribution in [0.15, 0.2) is 55.0 Å². The van der Waals surface area contributed by atoms with Crippen LogP contribution in [0.2, 0.25) is 5.02 Å². The van der Waals surface area contributed by atoms with Crippen molar-refractivity contribution >= 4 is 35.0 Å². The molecule has 0 radical (unpaired) electrons. The molecular weight excluding hydrogens is 706 g/mol. The fourth-order valence-electron chi connectivity index (χ4n) is 6.56. The molecule has 1 saturated heterocycles. The Labute approximate surface area is 310 Å². The highest BCUT2D eigenvalue weighted by Gasteiger charge is 2.30. The summed E-state index contributed by atoms with van der Waals surface area (Å²) in [6, 6.07) is 9.17. The van der Waals surface area contributed by atoms with Gasteiger partial charge in [0.15, 0.2) is 17.5 Å². The number of amides is 3. The first-order chi connectivity index (χ1) is 25.4. The third-order valence-electron chi connectivity index (χ3n) is 9.66. The first kappa shape index (κ1) is 37.4. The van der Waals surface area contributed by atoms with Crippen LogP contribution < -0.4 is 5.32 Å². The number of aryl methyl sites for hydroxylation is 1. The molecule has 2 aromatic carbocycles. The Hall–Kier alpha value is -5.41. The highest BCUT2D eigenvalue weighted by Crippen LogP contribution is 2.36. The highest BCUT2D eigenvalue weighted by molar-refractivity contribution is 6.34. The van der Waals surface area contributed by atoms with E-state index in [1.165, 1.54) is 48.3 Å². The maximum Gasteiger partial charge on any atom is 0.291 e. The van der Waals surface area contributed by atoms with Gasteiger partial charge >= 0.3 is 0 Å². The molecule has 0 bridgehead atoms. The molecule has 0 aliphatic carbocycles. The largest absolute Gasteiger partial charge is 0.339 e. The monoisotopic (exact) mass is 746 g/mol. The molecule has 0 spiro atoms. The number of nitrogens with zero attached hydrogens (tertiary/aromatic N) is 8. The molecule has 1 unspecified atom stereocenters. The summed E-state index contributed by atoms with van der Waals surface area (Å²) in [6.45, 7) is 4.50. The van der Waals surface area contributed by atoms with Crippen LogP contribution in [0.1, 0.15) is 40.7 Å². The molecule has 1 aliphatic rings. The number of aromatic nitrogens is 6. The van der Waals surface area contributed by atoms with Gasteiger partial charge in [-0.25, -0.2) is 13.8 Å². The van der Waals surface area contributed by atoms with Crippen molar-refractivity contribution in [1.29, 1.82) is 0 Å². The molecule has 1 atom stereocenters. The topological polar surface area (TPSA) is 137 Å². The molecule has 278 valence electrons. The molecule has 1 aliphatic heterocycles. The van der Waals surface area contributed by atoms with Crippen LogP contribution in [0.4, 0.5) is 14.5 Å². The van der Waals surface area contributed by atoms with Crippen molar-refractivity contribution in [2.24, 2.45) is 20.0 Å². The number of halogens is 3. The van der Waals surface area contributed by atoms with E-state index >= 15 is 8.78 Å². The fourth-order valence-corrected chi connectivity index (χ4v) is 6.82. The van der Waals surface area contributed by atoms with E-state index in [0.717, 1.165) is 19.4 Å². The number of hydrogen-bond acceptors (Lipinski definition) is 7. The standard InChI is InChI=1S/C37H41ClF2N10O3/c1-6-22(12-14-46(2)3)36(52)49-15-17-50(18-16-49)37(53)25-8-7-23(19-28(25)38)44-35(51)34-41-21-30(47(34)4)26-10-9-24(31(39)32(26)40)27-20-42-45-33(27)29-11-13-43-48(29)5/h7-11,13,19-22H,6,12,14-18H2,1-5H3,(H,42,45)(H,44,51). The first-order valence-corrected chi connectivity index (χ1v) is 17.6. The summed E-state index contributed by atoms with van der Waals surface area (Å²) in [4.78, 5) is 49.5. The van der Waals surface area contributed by atoms with Gasteiger partial charge in [0.2, 0.25) is 5.91 Å². The van der Waals surface area contributed by atoms with Gasteiger partial charge in [0, 0.05) is 74.8 Å². The maximum atomic E-state index is 15.6. The van der Waals surface area contributed by atoms with E-state index in [9.17, 15) is 14.4 Å². The predicted octanol–water partition coefficient (Wildman–Crippen LogP) is 5.32. The third kappa shape index (κ3) is 7.57. The predicted molar refractivity (Wildman–Crippen MR) is 197 cm³/mol. The second-order valence-corrected chi connectivity index (χ2v) is 13.7. The number of benzene rings is 2. The van der Waals surface area contributed by atoms with Crippen LogP contribution >= 0.6 is 11.6 Å². The van der Waals surface area contributed by atoms with E-state index < -0.39 is 17.5 Å². The van der Waals surface area contributed by atoms with Gasteiger partial charge in [0.25, 0.3) is 11.8 Å². The summed E-state index contributed by atoms with van der Waals surface area (Å²) < 4.78 is 34.2. The lowest BCUT2D eigenvalue weighted by Gasteiger charge is -2.36. The average Bonchev–Trinajstić information content (AvgIpc) is 3.89. The lowest BCUT2D eigenvalue weighted by Crippen LogP contribution is -2.52. The van der Waals surface area contributed by atoms with Crippen LogP contribution in [0.3, 0.4) is 0 Å². The molecule has 53 heavy (non-hydrogen) atoms. The smallest absolute Gasteiger partial charge is 0.291 e. The number of aromatic amines is 1. The van der Waals surface area contributed by atoms with Crippen LogP contribution in [0.25, 0.3) is 33.8 Å². The van der Waals surface area contributed by atoms with Crippen LogP contribution in [0.5, 0.6) is 0 Å². The summed E-state index contributed by atoms with van der Waals surface area (Å²) in [5, 5.41) is 13.8. The van der Waals surface area contributed by atoms with Crippen LogP contribution in [0, 0.1) is 17.6 Å². The maximum absolute atomic E-state index is 15.6. The minimum Gasteiger partial charge on any atom is -0.339 e. The van der Waals surface area contributed by atoms with Gasteiger partial charge in [-0.05, 0) is 63.8 Å². The Morgan fingerprint density at radius 3 is 2.30 bits per heavy atom. The number of imidazole rings is 1. The first-order valence-electron chi connectivity index (χ1n) is 17.2. The number of nitrogens with one attached hydrogen (secondary N) is 2. The van der Waals surface area contributed by atoms with Crippen molar-refractivity contribution in [3.8, 4) is 33.8 Å². The van der Waals surface area contributed by atoms with Gasteiger partial charge in [-0.2, -0.15) is 10.2 Å². The Bertz CT molecular complexity index is 2150. The third-order valence-corrected chi connectivity index (χ3v) is 9.97. The number of H-pyrrole nitrogens is 1. The van der Waals surface area contributed by atoms with E-state index in [-0.39, 0.29) is 51.0 Å². The summed E-state index contributed by atoms with van der Waals surface area (Å²) >= 11 is 6.54. The van der Waals surface area contributed by atoms with Gasteiger partial charge < -0.3 is 24.6 Å². The van der Waals surface area contributed by atoms with Gasteiger partial charge in [-0.1, -0.05) is 24.6 Å². The van der Waals surface area contributed by atoms with E-state index in [0.29, 0.717) is 48.8 Å². The lowest BCUT2D eigenvalue weighted by atomic mass is 10.00. The molecule has 2 N–H and O–H groups in total. The normalized spacial score (nSPS) is 13.8. The van der Waals surface area contributed by atoms with Crippen LogP contribution in [-0.4, -0.2) is 109 Å². The number of anilines is 1. The molecule has 3 aromatic heterocycles. The molecular formula is C37H41ClF2N10O3. The Morgan fingerprint density at radius 1 is 0.943 bits per heavy atom. The van der Waals surface area contributed by atoms with Crippen molar-refractivity contribution in [3.05, 3.63) is 83.0 Å². The highest BCUT2D eigenvalue weighted by atomic mass is 35.5. The van der Waals surface area contributed by atoms with Gasteiger partial charge in [0.05, 0.1) is 40.1 Å². The van der Waals surface area contributed by atoms with Gasteiger partial charge in [-0.15, -0.1) is 0 Å². The quantitative estimate of drug-likeness (QED) is 0.187. The number of carbonyl (C=O) groups is 3. The molecule has 4 heterocycles. The van der Waals surface area contributed by atoms with Crippen molar-refractivity contribution in [2.45, 2.75) is 19.8 Å². The molecule has 16 heteroatoms. The Morgan fingerprint density at radius 2 is 1.64 bits per heavy atom. The van der Waals surface area contributed by atoms with Crippen molar-refractivity contribution in [3.63, 3.8) is 0 Å². The Kier molecular flexibility index (Phi) is 11.0. The molecule has 0 saturated carbocycles. The zero-order valence-corrected chi connectivity index (χ0v) is 30.9. The van der Waals surface area contributed by atoms with Crippen molar-refractivity contribution in [2.75, 3.05) is 52.1 Å². The van der Waals surface area contributed by atoms with Gasteiger partial charge in [0.1, 0.15) is 0 Å². The molecule has 5 aromatic rings. The average molecular weight is 747 g/mol. The van der Waals surface area contributed by atoms with Crippen molar-refractivity contribution in [1.82, 2.24) is 44.2 Å². The Balaban J connectivity index is 1.11. The zero-order chi connectivity index (χ0) is 38.0. The van der Waals surface area contributed by atoms with E-state index in [1.807, 2.05) is 25.9 Å². The minimum atomic E-state index is -1.11. The number of piperazine rings is 1. The summed E-state index contributed by atoms with van der Waals surface area (Å²) in [5.41, 5.74) is 2.16. The van der Waals surface area contributed by atoms with E-state index in [1.54, 1.807) is 35.0 Å². The fraction of sp³-hybridized carbons (Fsp3) is 0.351. The zero-order valence-electron chi connectivity index (χ0n) is 30.2. The number of hydrogen-bond donors (Lipinski definition) is 2. The molecule has 13 nitrogen and oxygen atoms in total. The van der Waals surface area contributed by atoms with Crippen molar-refractivity contribution < 1.29 is 23.2 Å². The van der Waals surface area contributed by atoms with Gasteiger partial charge in [-0.3, -0.25) is 24.2 Å². The number of carbonyl (C=O) groups excluding carboxylic acids is 3. The molecule has 6 rings (SSSR count). The van der Waals surface area contributed by atoms with Crippen LogP contribution in [-0.2, 0) is 18.9 Å². The minimum absolute atomic E-state index is 0.00350. The molecule has 1 fully saturated rings. The summed E-state index contributed by atoms with van der Waals surface area (Å²) in [6.07, 6.45) is 5.85. The second kappa shape index (κ2) is 15.7. The SMILES string of the molecule is CCC(CCN(C)C)C(=O)N1CCN(C(=O)c2ccc(NC(=O)c3ncc(-c4ccc(-c5cn[nH]c5-c5ccnn5C)c(F)c4F)n3C)cc2Cl)CC1.